The highest BCUT2D eigenvalue weighted by Gasteiger charge is 2.14. The molecule has 0 aliphatic rings. The number of carboxylic acid groups (broad SMARTS) is 3. The van der Waals surface area contributed by atoms with Gasteiger partial charge in [0.05, 0.1) is 0 Å². The number of nitrogens with one attached hydrogen (secondary N) is 1. The fourth-order valence-electron chi connectivity index (χ4n) is 2.45. The zero-order chi connectivity index (χ0) is 25.4. The second kappa shape index (κ2) is 16.9. The number of hydrogen-bond acceptors (Lipinski definition) is 8. The number of aromatic nitrogens is 1. The Labute approximate surface area is 196 Å². The van der Waals surface area contributed by atoms with Crippen molar-refractivity contribution < 1.29 is 29.7 Å². The molecule has 0 aliphatic heterocycles. The quantitative estimate of drug-likeness (QED) is 0.217. The Bertz CT molecular complexity index is 839. The number of nitrogens with two attached hydrogens (primary N) is 4. The summed E-state index contributed by atoms with van der Waals surface area (Å²) in [4.78, 5) is 33.8. The van der Waals surface area contributed by atoms with Gasteiger partial charge in [-0.2, -0.15) is 11.8 Å². The van der Waals surface area contributed by atoms with Crippen LogP contribution in [0, 0.1) is 0 Å². The first-order valence-corrected chi connectivity index (χ1v) is 11.6. The molecular weight excluding hydrogens is 450 g/mol. The van der Waals surface area contributed by atoms with Gasteiger partial charge in [0.15, 0.2) is 0 Å². The van der Waals surface area contributed by atoms with Crippen LogP contribution in [-0.4, -0.2) is 74.9 Å². The van der Waals surface area contributed by atoms with Crippen molar-refractivity contribution in [3.05, 3.63) is 36.0 Å². The van der Waals surface area contributed by atoms with Gasteiger partial charge < -0.3 is 43.2 Å². The van der Waals surface area contributed by atoms with Crippen LogP contribution in [0.2, 0.25) is 0 Å². The molecule has 12 heteroatoms. The number of hydrogen-bond donors (Lipinski definition) is 8. The summed E-state index contributed by atoms with van der Waals surface area (Å²) in [5.41, 5.74) is 22.9. The molecule has 0 bridgehead atoms. The number of rotatable bonds is 11. The van der Waals surface area contributed by atoms with Crippen molar-refractivity contribution in [3.8, 4) is 0 Å². The maximum atomic E-state index is 10.6. The third kappa shape index (κ3) is 12.8. The predicted molar refractivity (Wildman–Crippen MR) is 130 cm³/mol. The topological polar surface area (TPSA) is 232 Å². The van der Waals surface area contributed by atoms with Crippen molar-refractivity contribution in [1.29, 1.82) is 0 Å². The van der Waals surface area contributed by atoms with E-state index in [2.05, 4.69) is 4.98 Å². The molecule has 0 spiro atoms. The molecule has 0 saturated heterocycles. The monoisotopic (exact) mass is 485 g/mol. The average molecular weight is 486 g/mol. The highest BCUT2D eigenvalue weighted by Crippen LogP contribution is 2.18. The van der Waals surface area contributed by atoms with Gasteiger partial charge in [-0.05, 0) is 49.4 Å². The van der Waals surface area contributed by atoms with Gasteiger partial charge in [0, 0.05) is 23.5 Å². The summed E-state index contributed by atoms with van der Waals surface area (Å²) in [5.74, 6) is -2.03. The minimum Gasteiger partial charge on any atom is -0.480 e. The van der Waals surface area contributed by atoms with Crippen LogP contribution in [0.1, 0.15) is 24.8 Å². The van der Waals surface area contributed by atoms with Crippen LogP contribution < -0.4 is 22.9 Å². The average Bonchev–Trinajstić information content (AvgIpc) is 3.19. The Hall–Kier alpha value is -2.64. The van der Waals surface area contributed by atoms with Crippen molar-refractivity contribution in [2.24, 2.45) is 22.9 Å². The Kier molecular flexibility index (Phi) is 15.6. The molecule has 1 heterocycles. The lowest BCUT2D eigenvalue weighted by Gasteiger charge is -2.04. The highest BCUT2D eigenvalue weighted by atomic mass is 32.2. The van der Waals surface area contributed by atoms with Crippen LogP contribution in [0.3, 0.4) is 0 Å². The summed E-state index contributed by atoms with van der Waals surface area (Å²) in [5, 5.41) is 26.3. The van der Waals surface area contributed by atoms with Crippen molar-refractivity contribution >= 4 is 40.6 Å². The molecule has 3 unspecified atom stereocenters. The molecule has 186 valence electrons. The fourth-order valence-corrected chi connectivity index (χ4v) is 2.94. The Morgan fingerprint density at radius 2 is 1.48 bits per heavy atom. The third-order valence-electron chi connectivity index (χ3n) is 4.42. The predicted octanol–water partition coefficient (Wildman–Crippen LogP) is 0.411. The summed E-state index contributed by atoms with van der Waals surface area (Å²) in [6.07, 6.45) is 5.77. The Morgan fingerprint density at radius 3 is 2.00 bits per heavy atom. The van der Waals surface area contributed by atoms with Crippen LogP contribution in [0.25, 0.3) is 10.9 Å². The van der Waals surface area contributed by atoms with Gasteiger partial charge >= 0.3 is 17.9 Å². The SMILES string of the molecule is CSCCC(N)C(=O)O.NC(Cc1c[nH]c2ccccc12)C(=O)O.NCCCC(N)C(=O)O. The molecule has 2 rings (SSSR count). The number of para-hydroxylation sites is 1. The van der Waals surface area contributed by atoms with Gasteiger partial charge in [-0.1, -0.05) is 18.2 Å². The number of benzene rings is 1. The molecule has 11 nitrogen and oxygen atoms in total. The lowest BCUT2D eigenvalue weighted by atomic mass is 10.1. The molecule has 1 aromatic heterocycles. The van der Waals surface area contributed by atoms with E-state index in [9.17, 15) is 14.4 Å². The van der Waals surface area contributed by atoms with Gasteiger partial charge in [0.2, 0.25) is 0 Å². The van der Waals surface area contributed by atoms with E-state index < -0.39 is 36.0 Å². The van der Waals surface area contributed by atoms with Gasteiger partial charge in [-0.25, -0.2) is 0 Å². The summed E-state index contributed by atoms with van der Waals surface area (Å²) in [6.45, 7) is 0.501. The van der Waals surface area contributed by atoms with E-state index in [1.54, 1.807) is 11.8 Å². The Balaban J connectivity index is 0.000000498. The largest absolute Gasteiger partial charge is 0.480 e. The molecule has 2 aromatic rings. The molecule has 0 amide bonds. The smallest absolute Gasteiger partial charge is 0.320 e. The minimum atomic E-state index is -0.972. The van der Waals surface area contributed by atoms with E-state index in [4.69, 9.17) is 38.3 Å². The van der Waals surface area contributed by atoms with Crippen LogP contribution in [0.5, 0.6) is 0 Å². The number of aliphatic carboxylic acids is 3. The first kappa shape index (κ1) is 30.4. The van der Waals surface area contributed by atoms with Crippen LogP contribution in [0.4, 0.5) is 0 Å². The number of aromatic amines is 1. The van der Waals surface area contributed by atoms with Gasteiger partial charge in [0.1, 0.15) is 18.1 Å². The molecule has 0 radical (unpaired) electrons. The van der Waals surface area contributed by atoms with Crippen molar-refractivity contribution in [1.82, 2.24) is 4.98 Å². The van der Waals surface area contributed by atoms with Gasteiger partial charge in [0.25, 0.3) is 0 Å². The number of fused-ring (bicyclic) bond motifs is 1. The summed E-state index contributed by atoms with van der Waals surface area (Å²) >= 11 is 1.60. The summed E-state index contributed by atoms with van der Waals surface area (Å²) < 4.78 is 0. The standard InChI is InChI=1S/C11H12N2O2.C5H12N2O2.C5H11NO2S/c12-9(11(14)15)5-7-6-13-10-4-2-1-3-8(7)10;6-3-1-2-4(7)5(8)9;1-9-3-2-4(6)5(7)8/h1-4,6,9,13H,5,12H2,(H,14,15);4H,1-3,6-7H2,(H,8,9);4H,2-3,6H2,1H3,(H,7,8). The van der Waals surface area contributed by atoms with E-state index in [-0.39, 0.29) is 0 Å². The van der Waals surface area contributed by atoms with E-state index in [0.29, 0.717) is 32.2 Å². The highest BCUT2D eigenvalue weighted by molar-refractivity contribution is 7.98. The molecule has 0 saturated carbocycles. The van der Waals surface area contributed by atoms with E-state index >= 15 is 0 Å². The third-order valence-corrected chi connectivity index (χ3v) is 5.06. The van der Waals surface area contributed by atoms with Crippen molar-refractivity contribution in [2.75, 3.05) is 18.6 Å². The number of carboxylic acids is 3. The zero-order valence-corrected chi connectivity index (χ0v) is 19.5. The maximum absolute atomic E-state index is 10.6. The number of thioether (sulfide) groups is 1. The normalized spacial score (nSPS) is 13.0. The number of H-pyrrole nitrogens is 1. The molecule has 3 atom stereocenters. The molecule has 33 heavy (non-hydrogen) atoms. The Morgan fingerprint density at radius 1 is 0.939 bits per heavy atom. The van der Waals surface area contributed by atoms with E-state index in [1.165, 1.54) is 0 Å². The van der Waals surface area contributed by atoms with Gasteiger partial charge in [-0.3, -0.25) is 14.4 Å². The fraction of sp³-hybridized carbons (Fsp3) is 0.476. The second-order valence-electron chi connectivity index (χ2n) is 7.11. The van der Waals surface area contributed by atoms with Crippen molar-refractivity contribution in [3.63, 3.8) is 0 Å². The van der Waals surface area contributed by atoms with Crippen LogP contribution in [-0.2, 0) is 20.8 Å². The summed E-state index contributed by atoms with van der Waals surface area (Å²) in [7, 11) is 0. The van der Waals surface area contributed by atoms with E-state index in [0.717, 1.165) is 22.2 Å². The lowest BCUT2D eigenvalue weighted by molar-refractivity contribution is -0.139. The second-order valence-corrected chi connectivity index (χ2v) is 8.10. The first-order chi connectivity index (χ1) is 15.5. The molecular formula is C21H35N5O6S. The zero-order valence-electron chi connectivity index (χ0n) is 18.6. The minimum absolute atomic E-state index is 0.347. The molecule has 0 aliphatic carbocycles. The maximum Gasteiger partial charge on any atom is 0.320 e. The van der Waals surface area contributed by atoms with Crippen LogP contribution >= 0.6 is 11.8 Å². The number of carbonyl (C=O) groups is 3. The van der Waals surface area contributed by atoms with E-state index in [1.807, 2.05) is 36.7 Å². The molecule has 0 fully saturated rings. The lowest BCUT2D eigenvalue weighted by Crippen LogP contribution is -2.32. The summed E-state index contributed by atoms with van der Waals surface area (Å²) in [6, 6.07) is 5.49. The van der Waals surface area contributed by atoms with Crippen LogP contribution in [0.15, 0.2) is 30.5 Å². The van der Waals surface area contributed by atoms with Gasteiger partial charge in [-0.15, -0.1) is 0 Å². The molecule has 12 N–H and O–H groups in total. The molecule has 1 aromatic carbocycles. The van der Waals surface area contributed by atoms with Crippen molar-refractivity contribution in [2.45, 2.75) is 43.8 Å². The first-order valence-electron chi connectivity index (χ1n) is 10.2.